The molecule has 0 unspecified atom stereocenters. The molecule has 0 spiro atoms. The van der Waals surface area contributed by atoms with Crippen molar-refractivity contribution in [2.24, 2.45) is 0 Å². The Bertz CT molecular complexity index is 443. The smallest absolute Gasteiger partial charge is 0.305 e. The molecular weight excluding hydrogens is 239 g/mol. The van der Waals surface area contributed by atoms with Crippen molar-refractivity contribution >= 4 is 11.8 Å². The minimum absolute atomic E-state index is 0.0148. The third-order valence-electron chi connectivity index (χ3n) is 2.49. The monoisotopic (exact) mass is 254 g/mol. The van der Waals surface area contributed by atoms with E-state index in [4.69, 9.17) is 4.74 Å². The first-order valence-corrected chi connectivity index (χ1v) is 5.48. The second-order valence-electron chi connectivity index (χ2n) is 3.72. The lowest BCUT2D eigenvalue weighted by atomic mass is 10.0. The van der Waals surface area contributed by atoms with Gasteiger partial charge in [0.2, 0.25) is 0 Å². The molecule has 1 aromatic rings. The summed E-state index contributed by atoms with van der Waals surface area (Å²) in [5, 5.41) is 0. The lowest BCUT2D eigenvalue weighted by Gasteiger charge is -2.06. The van der Waals surface area contributed by atoms with Gasteiger partial charge in [0.1, 0.15) is 5.78 Å². The van der Waals surface area contributed by atoms with Crippen LogP contribution in [0.2, 0.25) is 0 Å². The Labute approximate surface area is 105 Å². The SMILES string of the molecule is COC(=O)CCC(=O)Cc1cccc(OC)c1F. The molecule has 0 aliphatic carbocycles. The molecular formula is C13H15FO4. The zero-order chi connectivity index (χ0) is 13.5. The molecule has 5 heteroatoms. The Morgan fingerprint density at radius 3 is 2.56 bits per heavy atom. The number of halogens is 1. The van der Waals surface area contributed by atoms with Gasteiger partial charge in [-0.15, -0.1) is 0 Å². The van der Waals surface area contributed by atoms with Crippen molar-refractivity contribution in [1.29, 1.82) is 0 Å². The highest BCUT2D eigenvalue weighted by molar-refractivity contribution is 5.84. The van der Waals surface area contributed by atoms with E-state index in [1.54, 1.807) is 6.07 Å². The van der Waals surface area contributed by atoms with Gasteiger partial charge < -0.3 is 9.47 Å². The molecule has 0 bridgehead atoms. The zero-order valence-corrected chi connectivity index (χ0v) is 10.4. The van der Waals surface area contributed by atoms with E-state index in [1.807, 2.05) is 0 Å². The van der Waals surface area contributed by atoms with E-state index in [0.29, 0.717) is 0 Å². The Morgan fingerprint density at radius 1 is 1.22 bits per heavy atom. The summed E-state index contributed by atoms with van der Waals surface area (Å²) in [6, 6.07) is 4.62. The highest BCUT2D eigenvalue weighted by Crippen LogP contribution is 2.20. The van der Waals surface area contributed by atoms with Gasteiger partial charge in [0, 0.05) is 12.8 Å². The molecule has 0 saturated heterocycles. The lowest BCUT2D eigenvalue weighted by molar-refractivity contribution is -0.141. The molecule has 0 atom stereocenters. The Kier molecular flexibility index (Phi) is 5.30. The Morgan fingerprint density at radius 2 is 1.94 bits per heavy atom. The van der Waals surface area contributed by atoms with Crippen LogP contribution in [0.5, 0.6) is 5.75 Å². The summed E-state index contributed by atoms with van der Waals surface area (Å²) < 4.78 is 23.0. The fourth-order valence-corrected chi connectivity index (χ4v) is 1.49. The third-order valence-corrected chi connectivity index (χ3v) is 2.49. The summed E-state index contributed by atoms with van der Waals surface area (Å²) in [6.45, 7) is 0. The van der Waals surface area contributed by atoms with E-state index >= 15 is 0 Å². The van der Waals surface area contributed by atoms with Crippen LogP contribution in [0.25, 0.3) is 0 Å². The zero-order valence-electron chi connectivity index (χ0n) is 10.4. The molecule has 0 heterocycles. The first-order chi connectivity index (χ1) is 8.58. The molecule has 18 heavy (non-hydrogen) atoms. The predicted octanol–water partition coefficient (Wildman–Crippen LogP) is 1.90. The summed E-state index contributed by atoms with van der Waals surface area (Å²) in [5.41, 5.74) is 0.268. The molecule has 0 aliphatic rings. The highest BCUT2D eigenvalue weighted by atomic mass is 19.1. The maximum absolute atomic E-state index is 13.7. The van der Waals surface area contributed by atoms with Gasteiger partial charge in [-0.2, -0.15) is 0 Å². The standard InChI is InChI=1S/C13H15FO4/c1-17-11-5-3-4-9(13(11)14)8-10(15)6-7-12(16)18-2/h3-5H,6-8H2,1-2H3. The van der Waals surface area contributed by atoms with E-state index in [9.17, 15) is 14.0 Å². The van der Waals surface area contributed by atoms with E-state index in [-0.39, 0.29) is 36.4 Å². The van der Waals surface area contributed by atoms with Crippen LogP contribution >= 0.6 is 0 Å². The van der Waals surface area contributed by atoms with Crippen molar-refractivity contribution in [3.05, 3.63) is 29.6 Å². The second kappa shape index (κ2) is 6.74. The number of methoxy groups -OCH3 is 2. The second-order valence-corrected chi connectivity index (χ2v) is 3.72. The molecule has 1 aromatic carbocycles. The summed E-state index contributed by atoms with van der Waals surface area (Å²) >= 11 is 0. The number of hydrogen-bond acceptors (Lipinski definition) is 4. The van der Waals surface area contributed by atoms with Crippen molar-refractivity contribution in [3.8, 4) is 5.75 Å². The van der Waals surface area contributed by atoms with Crippen molar-refractivity contribution in [2.75, 3.05) is 14.2 Å². The fourth-order valence-electron chi connectivity index (χ4n) is 1.49. The van der Waals surface area contributed by atoms with Crippen molar-refractivity contribution in [3.63, 3.8) is 0 Å². The maximum Gasteiger partial charge on any atom is 0.305 e. The number of carbonyl (C=O) groups is 2. The number of hydrogen-bond donors (Lipinski definition) is 0. The van der Waals surface area contributed by atoms with Gasteiger partial charge >= 0.3 is 5.97 Å². The highest BCUT2D eigenvalue weighted by Gasteiger charge is 2.13. The van der Waals surface area contributed by atoms with Crippen LogP contribution < -0.4 is 4.74 Å². The summed E-state index contributed by atoms with van der Waals surface area (Å²) in [5.74, 6) is -1.10. The number of esters is 1. The van der Waals surface area contributed by atoms with Crippen LogP contribution in [0.1, 0.15) is 18.4 Å². The molecule has 0 aromatic heterocycles. The quantitative estimate of drug-likeness (QED) is 0.727. The van der Waals surface area contributed by atoms with Crippen LogP contribution in [0.3, 0.4) is 0 Å². The molecule has 0 aliphatic heterocycles. The molecule has 0 saturated carbocycles. The molecule has 4 nitrogen and oxygen atoms in total. The van der Waals surface area contributed by atoms with Crippen LogP contribution in [0, 0.1) is 5.82 Å². The van der Waals surface area contributed by atoms with Gasteiger partial charge in [-0.25, -0.2) is 4.39 Å². The minimum Gasteiger partial charge on any atom is -0.494 e. The van der Waals surface area contributed by atoms with Crippen molar-refractivity contribution < 1.29 is 23.5 Å². The van der Waals surface area contributed by atoms with Crippen molar-refractivity contribution in [2.45, 2.75) is 19.3 Å². The largest absolute Gasteiger partial charge is 0.494 e. The van der Waals surface area contributed by atoms with Crippen LogP contribution in [-0.2, 0) is 20.7 Å². The number of rotatable bonds is 6. The molecule has 98 valence electrons. The summed E-state index contributed by atoms with van der Waals surface area (Å²) in [4.78, 5) is 22.4. The van der Waals surface area contributed by atoms with Gasteiger partial charge in [0.15, 0.2) is 11.6 Å². The van der Waals surface area contributed by atoms with Gasteiger partial charge in [-0.3, -0.25) is 9.59 Å². The molecule has 1 rings (SSSR count). The van der Waals surface area contributed by atoms with Crippen molar-refractivity contribution in [1.82, 2.24) is 0 Å². The van der Waals surface area contributed by atoms with Gasteiger partial charge in [0.05, 0.1) is 20.6 Å². The predicted molar refractivity (Wildman–Crippen MR) is 62.9 cm³/mol. The molecule has 0 radical (unpaired) electrons. The number of Topliss-reactive ketones (excluding diaryl/α,β-unsaturated/α-hetero) is 1. The van der Waals surface area contributed by atoms with Crippen LogP contribution in [0.15, 0.2) is 18.2 Å². The summed E-state index contributed by atoms with van der Waals surface area (Å²) in [7, 11) is 2.62. The minimum atomic E-state index is -0.536. The van der Waals surface area contributed by atoms with Crippen LogP contribution in [-0.4, -0.2) is 26.0 Å². The molecule has 0 N–H and O–H groups in total. The number of benzene rings is 1. The maximum atomic E-state index is 13.7. The van der Waals surface area contributed by atoms with Crippen LogP contribution in [0.4, 0.5) is 4.39 Å². The van der Waals surface area contributed by atoms with E-state index in [2.05, 4.69) is 4.74 Å². The van der Waals surface area contributed by atoms with E-state index in [0.717, 1.165) is 0 Å². The first-order valence-electron chi connectivity index (χ1n) is 5.48. The van der Waals surface area contributed by atoms with Gasteiger partial charge in [0.25, 0.3) is 0 Å². The number of ketones is 1. The third kappa shape index (κ3) is 3.84. The Hall–Kier alpha value is -1.91. The van der Waals surface area contributed by atoms with E-state index in [1.165, 1.54) is 26.4 Å². The summed E-state index contributed by atoms with van der Waals surface area (Å²) in [6.07, 6.45) is 0.00424. The first kappa shape index (κ1) is 14.2. The van der Waals surface area contributed by atoms with E-state index < -0.39 is 11.8 Å². The Balaban J connectivity index is 2.62. The number of carbonyl (C=O) groups excluding carboxylic acids is 2. The van der Waals surface area contributed by atoms with Gasteiger partial charge in [-0.05, 0) is 11.6 Å². The fraction of sp³-hybridized carbons (Fsp3) is 0.385. The molecule has 0 fully saturated rings. The molecule has 0 amide bonds. The van der Waals surface area contributed by atoms with Gasteiger partial charge in [-0.1, -0.05) is 12.1 Å². The average molecular weight is 254 g/mol. The topological polar surface area (TPSA) is 52.6 Å². The number of ether oxygens (including phenoxy) is 2. The average Bonchev–Trinajstić information content (AvgIpc) is 2.38. The normalized spacial score (nSPS) is 9.94. The lowest BCUT2D eigenvalue weighted by Crippen LogP contribution is -2.09.